The Morgan fingerprint density at radius 3 is 3.00 bits per heavy atom. The molecule has 0 saturated heterocycles. The van der Waals surface area contributed by atoms with Gasteiger partial charge in [0.2, 0.25) is 0 Å². The fraction of sp³-hybridized carbons (Fsp3) is 0.200. The zero-order valence-corrected chi connectivity index (χ0v) is 7.00. The molecule has 0 fully saturated rings. The lowest BCUT2D eigenvalue weighted by atomic mass is 10.1. The monoisotopic (exact) mass is 161 g/mol. The highest BCUT2D eigenvalue weighted by Gasteiger charge is 2.01. The summed E-state index contributed by atoms with van der Waals surface area (Å²) in [7, 11) is 0. The zero-order chi connectivity index (χ0) is 8.55. The predicted octanol–water partition coefficient (Wildman–Crippen LogP) is 2.58. The molecule has 0 saturated carbocycles. The van der Waals surface area contributed by atoms with E-state index >= 15 is 0 Å². The number of hydrogen-bond donors (Lipinski definition) is 1. The molecule has 0 unspecified atom stereocenters. The lowest BCUT2D eigenvalue weighted by Gasteiger charge is -2.01. The molecule has 2 N–H and O–H groups in total. The van der Waals surface area contributed by atoms with Gasteiger partial charge < -0.3 is 10.2 Å². The van der Waals surface area contributed by atoms with Crippen LogP contribution in [0.3, 0.4) is 0 Å². The summed E-state index contributed by atoms with van der Waals surface area (Å²) in [6.45, 7) is 2.08. The van der Waals surface area contributed by atoms with Crippen LogP contribution in [0, 0.1) is 0 Å². The summed E-state index contributed by atoms with van der Waals surface area (Å²) in [4.78, 5) is 0. The van der Waals surface area contributed by atoms with Gasteiger partial charge in [-0.2, -0.15) is 0 Å². The van der Waals surface area contributed by atoms with Crippen molar-refractivity contribution >= 4 is 16.7 Å². The molecule has 1 heterocycles. The van der Waals surface area contributed by atoms with Gasteiger partial charge in [0.15, 0.2) is 0 Å². The van der Waals surface area contributed by atoms with E-state index in [-0.39, 0.29) is 0 Å². The Balaban J connectivity index is 2.73. The maximum absolute atomic E-state index is 5.81. The van der Waals surface area contributed by atoms with E-state index in [9.17, 15) is 0 Å². The van der Waals surface area contributed by atoms with E-state index in [1.54, 1.807) is 6.26 Å². The lowest BCUT2D eigenvalue weighted by molar-refractivity contribution is 0.615. The Morgan fingerprint density at radius 2 is 2.25 bits per heavy atom. The SMILES string of the molecule is CCc1cc2occc2cc1N. The van der Waals surface area contributed by atoms with Crippen LogP contribution in [0.15, 0.2) is 28.9 Å². The van der Waals surface area contributed by atoms with Gasteiger partial charge in [-0.1, -0.05) is 6.92 Å². The number of rotatable bonds is 1. The average Bonchev–Trinajstić information content (AvgIpc) is 2.49. The maximum Gasteiger partial charge on any atom is 0.134 e. The fourth-order valence-electron chi connectivity index (χ4n) is 1.38. The molecule has 2 rings (SSSR count). The highest BCUT2D eigenvalue weighted by atomic mass is 16.3. The number of furan rings is 1. The molecule has 1 aromatic carbocycles. The topological polar surface area (TPSA) is 39.2 Å². The van der Waals surface area contributed by atoms with Gasteiger partial charge in [-0.05, 0) is 30.2 Å². The van der Waals surface area contributed by atoms with E-state index < -0.39 is 0 Å². The van der Waals surface area contributed by atoms with Gasteiger partial charge in [-0.3, -0.25) is 0 Å². The Bertz CT molecular complexity index is 403. The second-order valence-corrected chi connectivity index (χ2v) is 2.86. The molecule has 62 valence electrons. The van der Waals surface area contributed by atoms with E-state index in [1.165, 1.54) is 0 Å². The quantitative estimate of drug-likeness (QED) is 0.653. The van der Waals surface area contributed by atoms with Gasteiger partial charge in [-0.15, -0.1) is 0 Å². The van der Waals surface area contributed by atoms with Crippen molar-refractivity contribution in [3.8, 4) is 0 Å². The van der Waals surface area contributed by atoms with Crippen molar-refractivity contribution in [2.24, 2.45) is 0 Å². The number of nitrogens with two attached hydrogens (primary N) is 1. The summed E-state index contributed by atoms with van der Waals surface area (Å²) in [5.41, 5.74) is 8.74. The molecule has 0 bridgehead atoms. The average molecular weight is 161 g/mol. The van der Waals surface area contributed by atoms with E-state index in [0.717, 1.165) is 28.6 Å². The molecule has 1 aromatic heterocycles. The van der Waals surface area contributed by atoms with Crippen LogP contribution < -0.4 is 5.73 Å². The van der Waals surface area contributed by atoms with Gasteiger partial charge in [-0.25, -0.2) is 0 Å². The number of anilines is 1. The molecule has 0 aliphatic rings. The molecule has 2 heteroatoms. The fourth-order valence-corrected chi connectivity index (χ4v) is 1.38. The lowest BCUT2D eigenvalue weighted by Crippen LogP contribution is -1.91. The van der Waals surface area contributed by atoms with Crippen LogP contribution in [0.4, 0.5) is 5.69 Å². The Hall–Kier alpha value is -1.44. The normalized spacial score (nSPS) is 10.8. The molecule has 0 atom stereocenters. The van der Waals surface area contributed by atoms with Crippen LogP contribution in [0.25, 0.3) is 11.0 Å². The summed E-state index contributed by atoms with van der Waals surface area (Å²) in [6, 6.07) is 5.88. The van der Waals surface area contributed by atoms with E-state index in [4.69, 9.17) is 10.2 Å². The van der Waals surface area contributed by atoms with Crippen LogP contribution >= 0.6 is 0 Å². The Morgan fingerprint density at radius 1 is 1.42 bits per heavy atom. The van der Waals surface area contributed by atoms with Gasteiger partial charge in [0.25, 0.3) is 0 Å². The van der Waals surface area contributed by atoms with Crippen molar-refractivity contribution in [1.82, 2.24) is 0 Å². The number of hydrogen-bond acceptors (Lipinski definition) is 2. The first-order valence-electron chi connectivity index (χ1n) is 4.07. The number of fused-ring (bicyclic) bond motifs is 1. The summed E-state index contributed by atoms with van der Waals surface area (Å²) in [6.07, 6.45) is 2.63. The smallest absolute Gasteiger partial charge is 0.134 e. The van der Waals surface area contributed by atoms with Gasteiger partial charge in [0.05, 0.1) is 6.26 Å². The summed E-state index contributed by atoms with van der Waals surface area (Å²) >= 11 is 0. The van der Waals surface area contributed by atoms with Crippen molar-refractivity contribution in [2.75, 3.05) is 5.73 Å². The maximum atomic E-state index is 5.81. The number of aryl methyl sites for hydroxylation is 1. The third kappa shape index (κ3) is 0.961. The highest BCUT2D eigenvalue weighted by Crippen LogP contribution is 2.22. The van der Waals surface area contributed by atoms with E-state index in [2.05, 4.69) is 6.92 Å². The molecule has 0 aliphatic carbocycles. The van der Waals surface area contributed by atoms with Gasteiger partial charge >= 0.3 is 0 Å². The third-order valence-corrected chi connectivity index (χ3v) is 2.10. The van der Waals surface area contributed by atoms with Crippen molar-refractivity contribution < 1.29 is 4.42 Å². The first kappa shape index (κ1) is 7.22. The Kier molecular flexibility index (Phi) is 1.54. The first-order valence-corrected chi connectivity index (χ1v) is 4.07. The van der Waals surface area contributed by atoms with Crippen molar-refractivity contribution in [3.63, 3.8) is 0 Å². The van der Waals surface area contributed by atoms with Crippen LogP contribution in [0.1, 0.15) is 12.5 Å². The second kappa shape index (κ2) is 2.55. The number of nitrogen functional groups attached to an aromatic ring is 1. The molecule has 12 heavy (non-hydrogen) atoms. The summed E-state index contributed by atoms with van der Waals surface area (Å²) in [5, 5.41) is 1.07. The van der Waals surface area contributed by atoms with Crippen molar-refractivity contribution in [1.29, 1.82) is 0 Å². The van der Waals surface area contributed by atoms with Crippen LogP contribution in [-0.2, 0) is 6.42 Å². The molecule has 0 aliphatic heterocycles. The first-order chi connectivity index (χ1) is 5.81. The minimum Gasteiger partial charge on any atom is -0.464 e. The molecule has 0 amide bonds. The number of benzene rings is 1. The summed E-state index contributed by atoms with van der Waals surface area (Å²) in [5.74, 6) is 0. The Labute approximate surface area is 71.0 Å². The van der Waals surface area contributed by atoms with Gasteiger partial charge in [0, 0.05) is 11.1 Å². The molecule has 2 aromatic rings. The molecule has 0 spiro atoms. The van der Waals surface area contributed by atoms with Crippen molar-refractivity contribution in [3.05, 3.63) is 30.0 Å². The van der Waals surface area contributed by atoms with Crippen LogP contribution in [0.5, 0.6) is 0 Å². The molecular weight excluding hydrogens is 150 g/mol. The van der Waals surface area contributed by atoms with E-state index in [0.29, 0.717) is 0 Å². The summed E-state index contributed by atoms with van der Waals surface area (Å²) < 4.78 is 5.26. The second-order valence-electron chi connectivity index (χ2n) is 2.86. The third-order valence-electron chi connectivity index (χ3n) is 2.10. The molecule has 0 radical (unpaired) electrons. The zero-order valence-electron chi connectivity index (χ0n) is 7.00. The molecular formula is C10H11NO. The van der Waals surface area contributed by atoms with E-state index in [1.807, 2.05) is 18.2 Å². The van der Waals surface area contributed by atoms with Gasteiger partial charge in [0.1, 0.15) is 5.58 Å². The molecule has 2 nitrogen and oxygen atoms in total. The van der Waals surface area contributed by atoms with Crippen molar-refractivity contribution in [2.45, 2.75) is 13.3 Å². The van der Waals surface area contributed by atoms with Crippen LogP contribution in [-0.4, -0.2) is 0 Å². The van der Waals surface area contributed by atoms with Crippen LogP contribution in [0.2, 0.25) is 0 Å². The predicted molar refractivity (Wildman–Crippen MR) is 50.0 cm³/mol. The minimum absolute atomic E-state index is 0.853. The highest BCUT2D eigenvalue weighted by molar-refractivity contribution is 5.82. The largest absolute Gasteiger partial charge is 0.464 e. The standard InChI is InChI=1S/C10H11NO/c1-2-7-6-10-8(3-4-12-10)5-9(7)11/h3-6H,2,11H2,1H3. The minimum atomic E-state index is 0.853.